The maximum Gasteiger partial charge on any atom is 0.220 e. The van der Waals surface area contributed by atoms with E-state index in [0.29, 0.717) is 25.5 Å². The molecule has 29 heavy (non-hydrogen) atoms. The summed E-state index contributed by atoms with van der Waals surface area (Å²) in [5.41, 5.74) is 1.26. The average molecular weight is 400 g/mol. The number of rotatable bonds is 9. The molecular weight excluding hydrogens is 378 g/mol. The highest BCUT2D eigenvalue weighted by atomic mass is 19.1. The minimum atomic E-state index is -0.724. The van der Waals surface area contributed by atoms with Gasteiger partial charge in [-0.2, -0.15) is 0 Å². The van der Waals surface area contributed by atoms with E-state index >= 15 is 0 Å². The van der Waals surface area contributed by atoms with Gasteiger partial charge >= 0.3 is 0 Å². The summed E-state index contributed by atoms with van der Waals surface area (Å²) < 4.78 is 37.9. The van der Waals surface area contributed by atoms with Gasteiger partial charge in [-0.15, -0.1) is 0 Å². The van der Waals surface area contributed by atoms with Crippen LogP contribution in [0.15, 0.2) is 53.1 Å². The topological polar surface area (TPSA) is 64.4 Å². The van der Waals surface area contributed by atoms with Crippen molar-refractivity contribution >= 4 is 5.91 Å². The molecule has 1 amide bonds. The van der Waals surface area contributed by atoms with Crippen molar-refractivity contribution in [3.63, 3.8) is 0 Å². The highest BCUT2D eigenvalue weighted by molar-refractivity contribution is 5.76. The van der Waals surface area contributed by atoms with Crippen molar-refractivity contribution in [2.24, 2.45) is 0 Å². The van der Waals surface area contributed by atoms with E-state index in [-0.39, 0.29) is 30.1 Å². The second-order valence-electron chi connectivity index (χ2n) is 6.61. The number of carbonyl (C=O) groups excluding carboxylic acids is 1. The Morgan fingerprint density at radius 1 is 1.21 bits per heavy atom. The molecular formula is C22H22F2N2O3. The first-order chi connectivity index (χ1) is 14.0. The number of halogens is 2. The van der Waals surface area contributed by atoms with Crippen LogP contribution in [0.1, 0.15) is 24.3 Å². The number of ether oxygens (including phenoxy) is 1. The Hall–Kier alpha value is -3.22. The fourth-order valence-electron chi connectivity index (χ4n) is 2.74. The molecule has 0 aliphatic carbocycles. The minimum Gasteiger partial charge on any atom is -0.494 e. The molecule has 0 saturated heterocycles. The largest absolute Gasteiger partial charge is 0.494 e. The number of nitrogens with one attached hydrogen (secondary N) is 1. The average Bonchev–Trinajstić information content (AvgIpc) is 3.15. The second-order valence-corrected chi connectivity index (χ2v) is 6.61. The van der Waals surface area contributed by atoms with Crippen LogP contribution < -0.4 is 10.1 Å². The lowest BCUT2D eigenvalue weighted by atomic mass is 10.2. The van der Waals surface area contributed by atoms with Crippen molar-refractivity contribution in [3.05, 3.63) is 71.8 Å². The van der Waals surface area contributed by atoms with Gasteiger partial charge in [0.05, 0.1) is 18.4 Å². The van der Waals surface area contributed by atoms with Crippen molar-refractivity contribution in [2.75, 3.05) is 13.2 Å². The number of aryl methyl sites for hydroxylation is 2. The van der Waals surface area contributed by atoms with Gasteiger partial charge in [-0.1, -0.05) is 12.1 Å². The van der Waals surface area contributed by atoms with E-state index in [0.717, 1.165) is 23.4 Å². The van der Waals surface area contributed by atoms with Gasteiger partial charge in [-0.25, -0.2) is 13.8 Å². The van der Waals surface area contributed by atoms with E-state index in [1.54, 1.807) is 0 Å². The first-order valence-corrected chi connectivity index (χ1v) is 9.37. The van der Waals surface area contributed by atoms with Gasteiger partial charge in [0.1, 0.15) is 17.4 Å². The molecule has 0 saturated carbocycles. The summed E-state index contributed by atoms with van der Waals surface area (Å²) >= 11 is 0. The summed E-state index contributed by atoms with van der Waals surface area (Å²) in [6, 6.07) is 11.0. The predicted octanol–water partition coefficient (Wildman–Crippen LogP) is 4.45. The summed E-state index contributed by atoms with van der Waals surface area (Å²) in [5, 5.41) is 2.81. The predicted molar refractivity (Wildman–Crippen MR) is 104 cm³/mol. The van der Waals surface area contributed by atoms with Crippen molar-refractivity contribution < 1.29 is 22.7 Å². The van der Waals surface area contributed by atoms with Crippen LogP contribution in [0.5, 0.6) is 5.75 Å². The van der Waals surface area contributed by atoms with Crippen LogP contribution in [-0.4, -0.2) is 24.0 Å². The highest BCUT2D eigenvalue weighted by Crippen LogP contribution is 2.24. The van der Waals surface area contributed by atoms with Crippen molar-refractivity contribution in [1.29, 1.82) is 0 Å². The Morgan fingerprint density at radius 3 is 2.86 bits per heavy atom. The zero-order valence-electron chi connectivity index (χ0n) is 16.1. The summed E-state index contributed by atoms with van der Waals surface area (Å²) in [6.07, 6.45) is 2.54. The monoisotopic (exact) mass is 400 g/mol. The van der Waals surface area contributed by atoms with E-state index in [1.807, 2.05) is 31.2 Å². The summed E-state index contributed by atoms with van der Waals surface area (Å²) in [6.45, 7) is 3.01. The summed E-state index contributed by atoms with van der Waals surface area (Å²) in [5.74, 6) is -0.181. The van der Waals surface area contributed by atoms with E-state index in [4.69, 9.17) is 9.15 Å². The quantitative estimate of drug-likeness (QED) is 0.539. The molecule has 0 aliphatic rings. The molecule has 3 rings (SSSR count). The van der Waals surface area contributed by atoms with E-state index in [2.05, 4.69) is 10.3 Å². The van der Waals surface area contributed by atoms with Gasteiger partial charge in [0.15, 0.2) is 11.7 Å². The van der Waals surface area contributed by atoms with Gasteiger partial charge in [0, 0.05) is 25.5 Å². The Kier molecular flexibility index (Phi) is 6.94. The molecule has 0 aliphatic heterocycles. The van der Waals surface area contributed by atoms with E-state index in [9.17, 15) is 13.6 Å². The lowest BCUT2D eigenvalue weighted by Crippen LogP contribution is -2.25. The third kappa shape index (κ3) is 6.14. The normalized spacial score (nSPS) is 10.7. The summed E-state index contributed by atoms with van der Waals surface area (Å²) in [7, 11) is 0. The number of carbonyl (C=O) groups is 1. The highest BCUT2D eigenvalue weighted by Gasteiger charge is 2.13. The van der Waals surface area contributed by atoms with Gasteiger partial charge in [0.25, 0.3) is 0 Å². The maximum atomic E-state index is 13.8. The molecule has 7 heteroatoms. The molecule has 0 spiro atoms. The molecule has 0 unspecified atom stereocenters. The zero-order valence-corrected chi connectivity index (χ0v) is 16.1. The zero-order chi connectivity index (χ0) is 20.6. The molecule has 5 nitrogen and oxygen atoms in total. The Bertz CT molecular complexity index is 972. The van der Waals surface area contributed by atoms with Crippen molar-refractivity contribution in [1.82, 2.24) is 10.3 Å². The van der Waals surface area contributed by atoms with Crippen LogP contribution in [-0.2, 0) is 11.2 Å². The number of hydrogen-bond donors (Lipinski definition) is 1. The van der Waals surface area contributed by atoms with E-state index < -0.39 is 11.6 Å². The fourth-order valence-corrected chi connectivity index (χ4v) is 2.74. The first-order valence-electron chi connectivity index (χ1n) is 9.37. The van der Waals surface area contributed by atoms with Crippen LogP contribution in [0.2, 0.25) is 0 Å². The molecule has 1 heterocycles. The van der Waals surface area contributed by atoms with Gasteiger partial charge in [-0.3, -0.25) is 4.79 Å². The van der Waals surface area contributed by atoms with Gasteiger partial charge in [-0.05, 0) is 43.2 Å². The number of oxazole rings is 1. The van der Waals surface area contributed by atoms with Crippen LogP contribution in [0.4, 0.5) is 8.78 Å². The molecule has 3 aromatic rings. The standard InChI is InChI=1S/C22H22F2N2O3/c1-15-4-2-5-17(12-15)28-11-3-10-25-21(27)8-9-22-26-14-20(29-22)18-7-6-16(23)13-19(18)24/h2,4-7,12-14H,3,8-11H2,1H3,(H,25,27). The molecule has 0 radical (unpaired) electrons. The van der Waals surface area contributed by atoms with Crippen molar-refractivity contribution in [3.8, 4) is 17.1 Å². The van der Waals surface area contributed by atoms with Crippen LogP contribution in [0.25, 0.3) is 11.3 Å². The summed E-state index contributed by atoms with van der Waals surface area (Å²) in [4.78, 5) is 16.0. The van der Waals surface area contributed by atoms with Crippen LogP contribution in [0.3, 0.4) is 0 Å². The lowest BCUT2D eigenvalue weighted by Gasteiger charge is -2.07. The number of amides is 1. The van der Waals surface area contributed by atoms with Crippen LogP contribution in [0, 0.1) is 18.6 Å². The Morgan fingerprint density at radius 2 is 2.07 bits per heavy atom. The maximum absolute atomic E-state index is 13.8. The molecule has 2 aromatic carbocycles. The lowest BCUT2D eigenvalue weighted by molar-refractivity contribution is -0.121. The third-order valence-electron chi connectivity index (χ3n) is 4.22. The Balaban J connectivity index is 1.37. The number of aromatic nitrogens is 1. The molecule has 1 N–H and O–H groups in total. The number of nitrogens with zero attached hydrogens (tertiary/aromatic N) is 1. The molecule has 0 atom stereocenters. The number of benzene rings is 2. The fraction of sp³-hybridized carbons (Fsp3) is 0.273. The number of hydrogen-bond acceptors (Lipinski definition) is 4. The minimum absolute atomic E-state index is 0.128. The molecule has 0 bridgehead atoms. The molecule has 1 aromatic heterocycles. The van der Waals surface area contributed by atoms with Crippen molar-refractivity contribution in [2.45, 2.75) is 26.2 Å². The molecule has 0 fully saturated rings. The van der Waals surface area contributed by atoms with Crippen LogP contribution >= 0.6 is 0 Å². The smallest absolute Gasteiger partial charge is 0.220 e. The molecule has 152 valence electrons. The van der Waals surface area contributed by atoms with E-state index in [1.165, 1.54) is 12.3 Å². The third-order valence-corrected chi connectivity index (χ3v) is 4.22. The Labute approximate surface area is 167 Å². The second kappa shape index (κ2) is 9.82. The SMILES string of the molecule is Cc1cccc(OCCCNC(=O)CCc2ncc(-c3ccc(F)cc3F)o2)c1. The van der Waals surface area contributed by atoms with Gasteiger partial charge in [0.2, 0.25) is 5.91 Å². The van der Waals surface area contributed by atoms with Gasteiger partial charge < -0.3 is 14.5 Å². The first kappa shape index (κ1) is 20.5.